The maximum atomic E-state index is 2.36. The third kappa shape index (κ3) is 0.739. The quantitative estimate of drug-likeness (QED) is 0.458. The van der Waals surface area contributed by atoms with Crippen LogP contribution in [0.4, 0.5) is 0 Å². The molecule has 0 aromatic heterocycles. The van der Waals surface area contributed by atoms with Crippen molar-refractivity contribution in [3.63, 3.8) is 0 Å². The van der Waals surface area contributed by atoms with E-state index >= 15 is 0 Å². The average molecular weight is 407 g/mol. The SMILES string of the molecule is c1ccc2c(c1)C1=C2C2[Te]C2C2[Te]C12. The van der Waals surface area contributed by atoms with E-state index in [1.807, 2.05) is 11.1 Å². The van der Waals surface area contributed by atoms with Crippen molar-refractivity contribution in [2.75, 3.05) is 0 Å². The topological polar surface area (TPSA) is 0 Å². The van der Waals surface area contributed by atoms with Crippen LogP contribution in [0.15, 0.2) is 24.3 Å². The molecular formula is C12H8Te2. The zero-order valence-corrected chi connectivity index (χ0v) is 12.1. The number of hydrogen-bond donors (Lipinski definition) is 0. The van der Waals surface area contributed by atoms with Crippen LogP contribution in [0.2, 0.25) is 15.9 Å². The van der Waals surface area contributed by atoms with Crippen molar-refractivity contribution >= 4 is 53.0 Å². The Morgan fingerprint density at radius 2 is 1.29 bits per heavy atom. The van der Waals surface area contributed by atoms with Crippen LogP contribution in [-0.2, 0) is 0 Å². The average Bonchev–Trinajstić information content (AvgIpc) is 3.00. The Bertz CT molecular complexity index is 458. The Morgan fingerprint density at radius 1 is 0.786 bits per heavy atom. The van der Waals surface area contributed by atoms with Crippen LogP contribution in [0.5, 0.6) is 0 Å². The molecule has 2 aliphatic heterocycles. The summed E-state index contributed by atoms with van der Waals surface area (Å²) < 4.78 is 4.89. The number of hydrogen-bond acceptors (Lipinski definition) is 0. The summed E-state index contributed by atoms with van der Waals surface area (Å²) in [4.78, 5) is 0. The summed E-state index contributed by atoms with van der Waals surface area (Å²) in [6, 6.07) is 9.16. The van der Waals surface area contributed by atoms with Gasteiger partial charge >= 0.3 is 104 Å². The first-order chi connectivity index (χ1) is 6.95. The van der Waals surface area contributed by atoms with E-state index in [1.54, 1.807) is 11.1 Å². The van der Waals surface area contributed by atoms with E-state index in [4.69, 9.17) is 0 Å². The minimum atomic E-state index is 0.434. The van der Waals surface area contributed by atoms with Gasteiger partial charge in [0.2, 0.25) is 0 Å². The molecule has 1 aromatic carbocycles. The number of benzene rings is 1. The van der Waals surface area contributed by atoms with Crippen LogP contribution in [0.25, 0.3) is 11.1 Å². The molecule has 4 atom stereocenters. The van der Waals surface area contributed by atoms with E-state index < -0.39 is 0 Å². The summed E-state index contributed by atoms with van der Waals surface area (Å²) in [6.45, 7) is 0. The molecule has 4 unspecified atom stereocenters. The molecule has 0 saturated carbocycles. The fourth-order valence-corrected chi connectivity index (χ4v) is 14.6. The molecule has 0 N–H and O–H groups in total. The summed E-state index contributed by atoms with van der Waals surface area (Å²) in [5.74, 6) is 0. The van der Waals surface area contributed by atoms with Crippen LogP contribution < -0.4 is 0 Å². The van der Waals surface area contributed by atoms with E-state index in [2.05, 4.69) is 24.3 Å². The van der Waals surface area contributed by atoms with Gasteiger partial charge < -0.3 is 0 Å². The molecule has 0 radical (unpaired) electrons. The van der Waals surface area contributed by atoms with Crippen molar-refractivity contribution in [2.24, 2.45) is 0 Å². The molecule has 0 spiro atoms. The molecule has 0 amide bonds. The van der Waals surface area contributed by atoms with E-state index in [1.165, 1.54) is 7.93 Å². The Morgan fingerprint density at radius 3 is 1.79 bits per heavy atom. The van der Waals surface area contributed by atoms with Gasteiger partial charge in [0, 0.05) is 0 Å². The van der Waals surface area contributed by atoms with Gasteiger partial charge in [-0.25, -0.2) is 0 Å². The van der Waals surface area contributed by atoms with Crippen molar-refractivity contribution in [3.05, 3.63) is 35.4 Å². The van der Waals surface area contributed by atoms with Crippen LogP contribution in [-0.4, -0.2) is 41.8 Å². The molecule has 4 aliphatic rings. The zero-order valence-electron chi connectivity index (χ0n) is 7.44. The Kier molecular flexibility index (Phi) is 1.26. The van der Waals surface area contributed by atoms with Gasteiger partial charge in [0.25, 0.3) is 0 Å². The standard InChI is InChI=1S/C12H8Te2/c1-2-4-6-5(3-1)7-8(6)10-12(14-10)11-9(7)13-11/h1-4,9-12H. The van der Waals surface area contributed by atoms with E-state index in [9.17, 15) is 0 Å². The van der Waals surface area contributed by atoms with Gasteiger partial charge in [0.15, 0.2) is 0 Å². The molecule has 1 aromatic rings. The van der Waals surface area contributed by atoms with Crippen molar-refractivity contribution in [2.45, 2.75) is 15.9 Å². The molecule has 14 heavy (non-hydrogen) atoms. The summed E-state index contributed by atoms with van der Waals surface area (Å²) >= 11 is 0.868. The molecule has 68 valence electrons. The van der Waals surface area contributed by atoms with Gasteiger partial charge in [0.05, 0.1) is 0 Å². The maximum absolute atomic E-state index is 2.36. The van der Waals surface area contributed by atoms with Crippen molar-refractivity contribution in [1.82, 2.24) is 0 Å². The van der Waals surface area contributed by atoms with E-state index in [-0.39, 0.29) is 0 Å². The molecule has 2 heterocycles. The first-order valence-corrected chi connectivity index (χ1v) is 10.5. The van der Waals surface area contributed by atoms with Gasteiger partial charge in [-0.05, 0) is 0 Å². The van der Waals surface area contributed by atoms with Crippen LogP contribution in [0.3, 0.4) is 0 Å². The van der Waals surface area contributed by atoms with Crippen LogP contribution in [0, 0.1) is 0 Å². The van der Waals surface area contributed by atoms with Gasteiger partial charge in [0.1, 0.15) is 0 Å². The molecule has 0 bridgehead atoms. The monoisotopic (exact) mass is 412 g/mol. The summed E-state index contributed by atoms with van der Waals surface area (Å²) in [5.41, 5.74) is 7.05. The second kappa shape index (κ2) is 2.28. The molecule has 2 fully saturated rings. The van der Waals surface area contributed by atoms with Gasteiger partial charge in [-0.3, -0.25) is 0 Å². The Balaban J connectivity index is 1.80. The second-order valence-corrected chi connectivity index (χ2v) is 12.0. The molecule has 0 nitrogen and oxygen atoms in total. The molecule has 2 aliphatic carbocycles. The normalized spacial score (nSPS) is 44.3. The molecule has 2 saturated heterocycles. The Labute approximate surface area is 103 Å². The molecule has 5 rings (SSSR count). The number of rotatable bonds is 0. The van der Waals surface area contributed by atoms with Gasteiger partial charge in [-0.2, -0.15) is 0 Å². The van der Waals surface area contributed by atoms with Crippen molar-refractivity contribution in [3.8, 4) is 0 Å². The van der Waals surface area contributed by atoms with Crippen molar-refractivity contribution in [1.29, 1.82) is 0 Å². The molecular weight excluding hydrogens is 399 g/mol. The number of allylic oxidation sites excluding steroid dienone is 2. The fraction of sp³-hybridized carbons (Fsp3) is 0.333. The predicted molar refractivity (Wildman–Crippen MR) is 59.8 cm³/mol. The second-order valence-electron chi connectivity index (χ2n) is 4.42. The summed E-state index contributed by atoms with van der Waals surface area (Å²) in [6.07, 6.45) is 0. The van der Waals surface area contributed by atoms with Gasteiger partial charge in [-0.15, -0.1) is 0 Å². The van der Waals surface area contributed by atoms with Crippen LogP contribution >= 0.6 is 0 Å². The first kappa shape index (κ1) is 7.75. The zero-order chi connectivity index (χ0) is 8.86. The van der Waals surface area contributed by atoms with E-state index in [0.29, 0.717) is 41.8 Å². The van der Waals surface area contributed by atoms with Crippen LogP contribution in [0.1, 0.15) is 11.1 Å². The Hall–Kier alpha value is 0.539. The van der Waals surface area contributed by atoms with Crippen molar-refractivity contribution < 1.29 is 0 Å². The summed E-state index contributed by atoms with van der Waals surface area (Å²) in [5, 5.41) is 0. The third-order valence-corrected chi connectivity index (χ3v) is 13.3. The predicted octanol–water partition coefficient (Wildman–Crippen LogP) is 2.51. The molecule has 2 heteroatoms. The summed E-state index contributed by atoms with van der Waals surface area (Å²) in [7, 11) is 0. The first-order valence-electron chi connectivity index (χ1n) is 5.10. The van der Waals surface area contributed by atoms with E-state index in [0.717, 1.165) is 7.93 Å². The van der Waals surface area contributed by atoms with Gasteiger partial charge in [-0.1, -0.05) is 0 Å². The number of fused-ring (bicyclic) bond motifs is 8. The minimum absolute atomic E-state index is 0.434. The third-order valence-electron chi connectivity index (χ3n) is 3.74. The fourth-order valence-electron chi connectivity index (χ4n) is 3.01.